The van der Waals surface area contributed by atoms with Crippen LogP contribution in [0.4, 0.5) is 0 Å². The average molecular weight is 418 g/mol. The van der Waals surface area contributed by atoms with E-state index in [0.29, 0.717) is 15.8 Å². The molecule has 2 unspecified atom stereocenters. The van der Waals surface area contributed by atoms with Gasteiger partial charge in [-0.05, 0) is 60.1 Å². The van der Waals surface area contributed by atoms with Crippen LogP contribution in [-0.2, 0) is 5.41 Å². The zero-order chi connectivity index (χ0) is 16.6. The fraction of sp³-hybridized carbons (Fsp3) is 0.455. The van der Waals surface area contributed by atoms with Crippen LogP contribution in [0.1, 0.15) is 51.2 Å². The van der Waals surface area contributed by atoms with Crippen molar-refractivity contribution >= 4 is 28.2 Å². The van der Waals surface area contributed by atoms with Gasteiger partial charge in [0.25, 0.3) is 0 Å². The molecule has 0 aliphatic heterocycles. The van der Waals surface area contributed by atoms with E-state index < -0.39 is 0 Å². The molecular weight excluding hydrogens is 391 g/mol. The number of halogens is 1. The van der Waals surface area contributed by atoms with E-state index in [9.17, 15) is 0 Å². The Kier molecular flexibility index (Phi) is 4.87. The molecule has 0 N–H and O–H groups in total. The summed E-state index contributed by atoms with van der Waals surface area (Å²) in [5.74, 6) is 1.13. The fourth-order valence-corrected chi connectivity index (χ4v) is 4.93. The van der Waals surface area contributed by atoms with Crippen molar-refractivity contribution in [3.8, 4) is 0 Å². The highest BCUT2D eigenvalue weighted by Crippen LogP contribution is 2.52. The summed E-state index contributed by atoms with van der Waals surface area (Å²) in [6, 6.07) is 8.84. The summed E-state index contributed by atoms with van der Waals surface area (Å²) in [5, 5.41) is 0. The largest absolute Gasteiger partial charge is 0.0949 e. The van der Waals surface area contributed by atoms with Crippen LogP contribution in [0.15, 0.2) is 54.6 Å². The molecule has 122 valence electrons. The SMILES string of the molecule is C=C1c2ccccc2C(C)(C)C1C/C(=C\C)C1C=C[C@H](I)CC1. The highest BCUT2D eigenvalue weighted by Gasteiger charge is 2.42. The topological polar surface area (TPSA) is 0 Å². The highest BCUT2D eigenvalue weighted by atomic mass is 127. The number of hydrogen-bond acceptors (Lipinski definition) is 0. The minimum atomic E-state index is 0.173. The Morgan fingerprint density at radius 2 is 2.00 bits per heavy atom. The van der Waals surface area contributed by atoms with Gasteiger partial charge in [0.1, 0.15) is 0 Å². The minimum absolute atomic E-state index is 0.173. The number of fused-ring (bicyclic) bond motifs is 1. The third kappa shape index (κ3) is 3.09. The van der Waals surface area contributed by atoms with Gasteiger partial charge < -0.3 is 0 Å². The Morgan fingerprint density at radius 1 is 1.26 bits per heavy atom. The summed E-state index contributed by atoms with van der Waals surface area (Å²) in [4.78, 5) is 0. The molecule has 2 aliphatic carbocycles. The Morgan fingerprint density at radius 3 is 2.61 bits per heavy atom. The molecule has 0 nitrogen and oxygen atoms in total. The Labute approximate surface area is 154 Å². The maximum atomic E-state index is 4.47. The van der Waals surface area contributed by atoms with Crippen molar-refractivity contribution in [1.29, 1.82) is 0 Å². The number of benzene rings is 1. The van der Waals surface area contributed by atoms with E-state index in [-0.39, 0.29) is 5.41 Å². The molecule has 0 spiro atoms. The lowest BCUT2D eigenvalue weighted by Crippen LogP contribution is -2.25. The lowest BCUT2D eigenvalue weighted by atomic mass is 9.72. The molecule has 0 fully saturated rings. The van der Waals surface area contributed by atoms with Crippen LogP contribution < -0.4 is 0 Å². The van der Waals surface area contributed by atoms with Crippen molar-refractivity contribution in [1.82, 2.24) is 0 Å². The quantitative estimate of drug-likeness (QED) is 0.291. The molecular formula is C22H27I. The summed E-state index contributed by atoms with van der Waals surface area (Å²) in [5.41, 5.74) is 5.95. The molecule has 23 heavy (non-hydrogen) atoms. The van der Waals surface area contributed by atoms with Gasteiger partial charge in [0, 0.05) is 3.92 Å². The molecule has 1 aromatic carbocycles. The van der Waals surface area contributed by atoms with Gasteiger partial charge in [0.05, 0.1) is 0 Å². The number of rotatable bonds is 3. The van der Waals surface area contributed by atoms with E-state index in [1.165, 1.54) is 29.5 Å². The predicted octanol–water partition coefficient (Wildman–Crippen LogP) is 6.71. The molecule has 0 saturated heterocycles. The smallest absolute Gasteiger partial charge is 0.0289 e. The molecule has 0 saturated carbocycles. The second-order valence-corrected chi connectivity index (χ2v) is 9.10. The number of alkyl halides is 1. The first-order valence-electron chi connectivity index (χ1n) is 8.71. The van der Waals surface area contributed by atoms with Gasteiger partial charge in [-0.3, -0.25) is 0 Å². The lowest BCUT2D eigenvalue weighted by molar-refractivity contribution is 0.398. The first-order valence-corrected chi connectivity index (χ1v) is 9.96. The molecule has 0 amide bonds. The Balaban J connectivity index is 1.85. The van der Waals surface area contributed by atoms with E-state index >= 15 is 0 Å². The molecule has 0 radical (unpaired) electrons. The first kappa shape index (κ1) is 17.0. The average Bonchev–Trinajstić information content (AvgIpc) is 2.74. The zero-order valence-corrected chi connectivity index (χ0v) is 16.6. The third-order valence-corrected chi connectivity index (χ3v) is 6.89. The van der Waals surface area contributed by atoms with Crippen molar-refractivity contribution in [3.63, 3.8) is 0 Å². The van der Waals surface area contributed by atoms with Gasteiger partial charge in [-0.25, -0.2) is 0 Å². The molecule has 0 aromatic heterocycles. The summed E-state index contributed by atoms with van der Waals surface area (Å²) in [7, 11) is 0. The predicted molar refractivity (Wildman–Crippen MR) is 110 cm³/mol. The molecule has 3 rings (SSSR count). The highest BCUT2D eigenvalue weighted by molar-refractivity contribution is 14.1. The minimum Gasteiger partial charge on any atom is -0.0949 e. The van der Waals surface area contributed by atoms with Crippen LogP contribution in [0.2, 0.25) is 0 Å². The van der Waals surface area contributed by atoms with E-state index in [0.717, 1.165) is 6.42 Å². The second-order valence-electron chi connectivity index (χ2n) is 7.50. The van der Waals surface area contributed by atoms with E-state index in [4.69, 9.17) is 0 Å². The van der Waals surface area contributed by atoms with Gasteiger partial charge >= 0.3 is 0 Å². The second kappa shape index (κ2) is 6.58. The lowest BCUT2D eigenvalue weighted by Gasteiger charge is -2.32. The van der Waals surface area contributed by atoms with E-state index in [1.54, 1.807) is 5.57 Å². The molecule has 2 aliphatic rings. The maximum Gasteiger partial charge on any atom is 0.0289 e. The maximum absolute atomic E-state index is 4.47. The molecule has 1 aromatic rings. The Bertz CT molecular complexity index is 662. The monoisotopic (exact) mass is 418 g/mol. The van der Waals surface area contributed by atoms with Crippen LogP contribution in [0.3, 0.4) is 0 Å². The standard InChI is InChI=1S/C22H27I/c1-5-16(17-10-12-18(23)13-11-17)14-21-15(2)19-8-6-7-9-20(19)22(21,3)4/h5-10,12,17-18,21H,2,11,13-14H2,1,3-4H3/b16-5+/t17?,18-,21?/m0/s1. The van der Waals surface area contributed by atoms with Gasteiger partial charge in [-0.2, -0.15) is 0 Å². The molecule has 0 bridgehead atoms. The van der Waals surface area contributed by atoms with Crippen LogP contribution >= 0.6 is 22.6 Å². The van der Waals surface area contributed by atoms with Crippen LogP contribution in [0.5, 0.6) is 0 Å². The zero-order valence-electron chi connectivity index (χ0n) is 14.5. The van der Waals surface area contributed by atoms with Crippen LogP contribution in [0, 0.1) is 11.8 Å². The fourth-order valence-electron chi connectivity index (χ4n) is 4.33. The number of allylic oxidation sites excluding steroid dienone is 5. The molecule has 3 atom stereocenters. The number of hydrogen-bond donors (Lipinski definition) is 0. The molecule has 1 heteroatoms. The van der Waals surface area contributed by atoms with Crippen LogP contribution in [0.25, 0.3) is 5.57 Å². The molecule has 0 heterocycles. The van der Waals surface area contributed by atoms with Crippen LogP contribution in [-0.4, -0.2) is 3.92 Å². The van der Waals surface area contributed by atoms with Gasteiger partial charge in [0.15, 0.2) is 0 Å². The van der Waals surface area contributed by atoms with Crippen molar-refractivity contribution in [2.24, 2.45) is 11.8 Å². The van der Waals surface area contributed by atoms with Crippen molar-refractivity contribution < 1.29 is 0 Å². The summed E-state index contributed by atoms with van der Waals surface area (Å²) < 4.78 is 0.712. The first-order chi connectivity index (χ1) is 10.9. The Hall–Kier alpha value is -0.830. The normalized spacial score (nSPS) is 29.7. The summed E-state index contributed by atoms with van der Waals surface area (Å²) >= 11 is 2.54. The van der Waals surface area contributed by atoms with Gasteiger partial charge in [-0.1, -0.05) is 91.1 Å². The van der Waals surface area contributed by atoms with Gasteiger partial charge in [-0.15, -0.1) is 0 Å². The van der Waals surface area contributed by atoms with Crippen molar-refractivity contribution in [2.45, 2.75) is 49.4 Å². The van der Waals surface area contributed by atoms with Crippen molar-refractivity contribution in [3.05, 3.63) is 65.8 Å². The third-order valence-electron chi connectivity index (χ3n) is 5.85. The summed E-state index contributed by atoms with van der Waals surface area (Å²) in [6.45, 7) is 11.5. The van der Waals surface area contributed by atoms with E-state index in [2.05, 4.69) is 92.4 Å². The van der Waals surface area contributed by atoms with E-state index in [1.807, 2.05) is 0 Å². The van der Waals surface area contributed by atoms with Crippen molar-refractivity contribution in [2.75, 3.05) is 0 Å². The van der Waals surface area contributed by atoms with Gasteiger partial charge in [0.2, 0.25) is 0 Å². The summed E-state index contributed by atoms with van der Waals surface area (Å²) in [6.07, 6.45) is 10.9.